The Kier molecular flexibility index (Phi) is 2.54. The number of carboxylic acids is 1. The van der Waals surface area contributed by atoms with Crippen molar-refractivity contribution < 1.29 is 14.7 Å². The van der Waals surface area contributed by atoms with E-state index in [1.807, 2.05) is 18.2 Å². The van der Waals surface area contributed by atoms with Gasteiger partial charge in [0.25, 0.3) is 0 Å². The van der Waals surface area contributed by atoms with Gasteiger partial charge >= 0.3 is 5.97 Å². The van der Waals surface area contributed by atoms with Crippen molar-refractivity contribution in [1.82, 2.24) is 0 Å². The molecule has 0 radical (unpaired) electrons. The summed E-state index contributed by atoms with van der Waals surface area (Å²) in [4.78, 5) is 22.6. The summed E-state index contributed by atoms with van der Waals surface area (Å²) in [5.41, 5.74) is 1.56. The van der Waals surface area contributed by atoms with Crippen molar-refractivity contribution in [3.63, 3.8) is 0 Å². The smallest absolute Gasteiger partial charge is 0.306 e. The van der Waals surface area contributed by atoms with Gasteiger partial charge in [0.05, 0.1) is 5.92 Å². The maximum atomic E-state index is 11.7. The second-order valence-electron chi connectivity index (χ2n) is 3.86. The summed E-state index contributed by atoms with van der Waals surface area (Å²) in [5.74, 6) is -1.16. The second-order valence-corrected chi connectivity index (χ2v) is 3.86. The number of carboxylic acid groups (broad SMARTS) is 1. The standard InChI is InChI=1S/C12H12O3/c13-11-6-5-9(12(14)15)7-8-3-1-2-4-10(8)11/h1-4,9H,5-7H2,(H,14,15)/t9-/m1/s1. The van der Waals surface area contributed by atoms with Gasteiger partial charge in [0.1, 0.15) is 0 Å². The minimum absolute atomic E-state index is 0.0642. The van der Waals surface area contributed by atoms with Crippen LogP contribution < -0.4 is 0 Å². The van der Waals surface area contributed by atoms with Gasteiger partial charge in [-0.1, -0.05) is 24.3 Å². The maximum absolute atomic E-state index is 11.7. The summed E-state index contributed by atoms with van der Waals surface area (Å²) >= 11 is 0. The topological polar surface area (TPSA) is 54.4 Å². The highest BCUT2D eigenvalue weighted by atomic mass is 16.4. The first-order chi connectivity index (χ1) is 7.18. The SMILES string of the molecule is O=C1CC[C@@H](C(=O)O)Cc2ccccc21. The lowest BCUT2D eigenvalue weighted by Gasteiger charge is -2.08. The number of fused-ring (bicyclic) bond motifs is 1. The van der Waals surface area contributed by atoms with Crippen molar-refractivity contribution in [2.24, 2.45) is 5.92 Å². The summed E-state index contributed by atoms with van der Waals surface area (Å²) < 4.78 is 0. The van der Waals surface area contributed by atoms with E-state index in [-0.39, 0.29) is 5.78 Å². The number of hydrogen-bond donors (Lipinski definition) is 1. The van der Waals surface area contributed by atoms with E-state index in [9.17, 15) is 9.59 Å². The molecule has 15 heavy (non-hydrogen) atoms. The lowest BCUT2D eigenvalue weighted by Crippen LogP contribution is -2.15. The van der Waals surface area contributed by atoms with E-state index >= 15 is 0 Å². The molecule has 0 amide bonds. The average molecular weight is 204 g/mol. The van der Waals surface area contributed by atoms with E-state index in [2.05, 4.69) is 0 Å². The molecular weight excluding hydrogens is 192 g/mol. The van der Waals surface area contributed by atoms with Crippen LogP contribution in [0.3, 0.4) is 0 Å². The number of carbonyl (C=O) groups is 2. The Morgan fingerprint density at radius 2 is 2.07 bits per heavy atom. The second kappa shape index (κ2) is 3.85. The highest BCUT2D eigenvalue weighted by molar-refractivity contribution is 5.98. The van der Waals surface area contributed by atoms with Crippen LogP contribution in [0.15, 0.2) is 24.3 Å². The molecule has 0 saturated carbocycles. The molecule has 0 unspecified atom stereocenters. The molecule has 1 aliphatic carbocycles. The molecule has 3 nitrogen and oxygen atoms in total. The number of ketones is 1. The molecule has 78 valence electrons. The summed E-state index contributed by atoms with van der Waals surface area (Å²) in [6.45, 7) is 0. The largest absolute Gasteiger partial charge is 0.481 e. The fraction of sp³-hybridized carbons (Fsp3) is 0.333. The molecule has 2 rings (SSSR count). The van der Waals surface area contributed by atoms with Gasteiger partial charge in [0.2, 0.25) is 0 Å². The predicted octanol–water partition coefficient (Wildman–Crippen LogP) is 1.91. The van der Waals surface area contributed by atoms with Crippen LogP contribution in [0, 0.1) is 5.92 Å². The van der Waals surface area contributed by atoms with Crippen molar-refractivity contribution in [2.75, 3.05) is 0 Å². The molecular formula is C12H12O3. The summed E-state index contributed by atoms with van der Waals surface area (Å²) in [6.07, 6.45) is 1.26. The van der Waals surface area contributed by atoms with Crippen LogP contribution in [-0.2, 0) is 11.2 Å². The van der Waals surface area contributed by atoms with E-state index in [0.717, 1.165) is 5.56 Å². The molecule has 1 aromatic rings. The molecule has 1 aliphatic rings. The van der Waals surface area contributed by atoms with Crippen molar-refractivity contribution in [3.05, 3.63) is 35.4 Å². The van der Waals surface area contributed by atoms with Crippen molar-refractivity contribution >= 4 is 11.8 Å². The van der Waals surface area contributed by atoms with E-state index in [4.69, 9.17) is 5.11 Å². The Bertz CT molecular complexity index is 409. The first-order valence-electron chi connectivity index (χ1n) is 5.02. The van der Waals surface area contributed by atoms with Gasteiger partial charge in [-0.25, -0.2) is 0 Å². The zero-order valence-corrected chi connectivity index (χ0v) is 8.27. The van der Waals surface area contributed by atoms with Crippen LogP contribution in [0.4, 0.5) is 0 Å². The molecule has 0 spiro atoms. The van der Waals surface area contributed by atoms with Gasteiger partial charge in [-0.3, -0.25) is 9.59 Å². The Morgan fingerprint density at radius 1 is 1.33 bits per heavy atom. The van der Waals surface area contributed by atoms with E-state index < -0.39 is 11.9 Å². The normalized spacial score (nSPS) is 20.5. The first-order valence-corrected chi connectivity index (χ1v) is 5.02. The maximum Gasteiger partial charge on any atom is 0.306 e. The van der Waals surface area contributed by atoms with Gasteiger partial charge in [0, 0.05) is 12.0 Å². The van der Waals surface area contributed by atoms with Crippen molar-refractivity contribution in [1.29, 1.82) is 0 Å². The third kappa shape index (κ3) is 1.91. The van der Waals surface area contributed by atoms with Gasteiger partial charge in [-0.05, 0) is 18.4 Å². The number of Topliss-reactive ketones (excluding diaryl/α,β-unsaturated/α-hetero) is 1. The Balaban J connectivity index is 2.38. The number of aliphatic carboxylic acids is 1. The van der Waals surface area contributed by atoms with Crippen LogP contribution in [0.5, 0.6) is 0 Å². The fourth-order valence-electron chi connectivity index (χ4n) is 1.99. The Morgan fingerprint density at radius 3 is 2.80 bits per heavy atom. The Hall–Kier alpha value is -1.64. The van der Waals surface area contributed by atoms with Crippen molar-refractivity contribution in [2.45, 2.75) is 19.3 Å². The molecule has 0 heterocycles. The lowest BCUT2D eigenvalue weighted by atomic mass is 9.97. The lowest BCUT2D eigenvalue weighted by molar-refractivity contribution is -0.141. The van der Waals surface area contributed by atoms with Gasteiger partial charge < -0.3 is 5.11 Å². The predicted molar refractivity (Wildman–Crippen MR) is 54.8 cm³/mol. The molecule has 3 heteroatoms. The van der Waals surface area contributed by atoms with E-state index in [0.29, 0.717) is 24.8 Å². The highest BCUT2D eigenvalue weighted by Gasteiger charge is 2.25. The van der Waals surface area contributed by atoms with Crippen LogP contribution in [-0.4, -0.2) is 16.9 Å². The first kappa shape index (κ1) is 9.90. The molecule has 0 aromatic heterocycles. The minimum Gasteiger partial charge on any atom is -0.481 e. The summed E-state index contributed by atoms with van der Waals surface area (Å²) in [7, 11) is 0. The minimum atomic E-state index is -0.806. The molecule has 0 aliphatic heterocycles. The zero-order chi connectivity index (χ0) is 10.8. The molecule has 1 aromatic carbocycles. The number of hydrogen-bond acceptors (Lipinski definition) is 2. The molecule has 1 atom stereocenters. The molecule has 1 N–H and O–H groups in total. The summed E-state index contributed by atoms with van der Waals surface area (Å²) in [6, 6.07) is 7.28. The van der Waals surface area contributed by atoms with Gasteiger partial charge in [-0.2, -0.15) is 0 Å². The third-order valence-electron chi connectivity index (χ3n) is 2.85. The van der Waals surface area contributed by atoms with Crippen LogP contribution in [0.25, 0.3) is 0 Å². The van der Waals surface area contributed by atoms with Gasteiger partial charge in [0.15, 0.2) is 5.78 Å². The van der Waals surface area contributed by atoms with E-state index in [1.54, 1.807) is 6.07 Å². The highest BCUT2D eigenvalue weighted by Crippen LogP contribution is 2.24. The quantitative estimate of drug-likeness (QED) is 0.711. The van der Waals surface area contributed by atoms with Crippen molar-refractivity contribution in [3.8, 4) is 0 Å². The third-order valence-corrected chi connectivity index (χ3v) is 2.85. The van der Waals surface area contributed by atoms with E-state index in [1.165, 1.54) is 0 Å². The van der Waals surface area contributed by atoms with Gasteiger partial charge in [-0.15, -0.1) is 0 Å². The molecule has 0 bridgehead atoms. The molecule has 0 fully saturated rings. The fourth-order valence-corrected chi connectivity index (χ4v) is 1.99. The van der Waals surface area contributed by atoms with Crippen LogP contribution in [0.2, 0.25) is 0 Å². The van der Waals surface area contributed by atoms with Crippen LogP contribution in [0.1, 0.15) is 28.8 Å². The summed E-state index contributed by atoms with van der Waals surface area (Å²) in [5, 5.41) is 8.96. The number of benzene rings is 1. The monoisotopic (exact) mass is 204 g/mol. The Labute approximate surface area is 87.7 Å². The number of carbonyl (C=O) groups excluding carboxylic acids is 1. The number of rotatable bonds is 1. The average Bonchev–Trinajstić information content (AvgIpc) is 2.39. The zero-order valence-electron chi connectivity index (χ0n) is 8.27. The van der Waals surface area contributed by atoms with Crippen LogP contribution >= 0.6 is 0 Å². The molecule has 0 saturated heterocycles.